The van der Waals surface area contributed by atoms with E-state index in [9.17, 15) is 0 Å². The fourth-order valence-corrected chi connectivity index (χ4v) is 2.47. The molecule has 1 aliphatic rings. The number of rotatable bonds is 9. The summed E-state index contributed by atoms with van der Waals surface area (Å²) in [6.07, 6.45) is 10.0. The zero-order valence-corrected chi connectivity index (χ0v) is 16.2. The van der Waals surface area contributed by atoms with Gasteiger partial charge in [-0.2, -0.15) is 0 Å². The molecule has 0 aromatic rings. The van der Waals surface area contributed by atoms with Gasteiger partial charge in [-0.3, -0.25) is 4.99 Å². The molecular weight excluding hydrogens is 377 g/mol. The van der Waals surface area contributed by atoms with Crippen LogP contribution in [0, 0.1) is 0 Å². The molecule has 21 heavy (non-hydrogen) atoms. The fraction of sp³-hybridized carbons (Fsp3) is 0.938. The van der Waals surface area contributed by atoms with Crippen LogP contribution in [-0.4, -0.2) is 38.3 Å². The summed E-state index contributed by atoms with van der Waals surface area (Å²) in [4.78, 5) is 4.64. The number of guanidine groups is 1. The number of hydrogen-bond donors (Lipinski definition) is 2. The van der Waals surface area contributed by atoms with Crippen molar-refractivity contribution in [1.82, 2.24) is 10.6 Å². The van der Waals surface area contributed by atoms with E-state index in [1.54, 1.807) is 0 Å². The monoisotopic (exact) mass is 411 g/mol. The Balaban J connectivity index is 0.00000400. The van der Waals surface area contributed by atoms with Crippen LogP contribution in [0.5, 0.6) is 0 Å². The Labute approximate surface area is 147 Å². The van der Waals surface area contributed by atoms with Gasteiger partial charge >= 0.3 is 0 Å². The molecule has 0 unspecified atom stereocenters. The van der Waals surface area contributed by atoms with Gasteiger partial charge in [-0.25, -0.2) is 0 Å². The third-order valence-corrected chi connectivity index (χ3v) is 3.65. The van der Waals surface area contributed by atoms with E-state index in [-0.39, 0.29) is 24.0 Å². The molecule has 0 aliphatic heterocycles. The number of hydrogen-bond acceptors (Lipinski definition) is 2. The third-order valence-electron chi connectivity index (χ3n) is 3.65. The highest BCUT2D eigenvalue weighted by molar-refractivity contribution is 14.0. The summed E-state index contributed by atoms with van der Waals surface area (Å²) >= 11 is 0. The SMILES string of the molecule is CCCCOCCCN=C(NCC)NC1CCCCC1.I. The number of halogens is 1. The highest BCUT2D eigenvalue weighted by atomic mass is 127. The molecule has 126 valence electrons. The topological polar surface area (TPSA) is 45.6 Å². The highest BCUT2D eigenvalue weighted by Crippen LogP contribution is 2.17. The van der Waals surface area contributed by atoms with Crippen LogP contribution < -0.4 is 10.6 Å². The van der Waals surface area contributed by atoms with Gasteiger partial charge in [0.25, 0.3) is 0 Å². The molecule has 0 heterocycles. The molecule has 5 heteroatoms. The number of nitrogens with one attached hydrogen (secondary N) is 2. The quantitative estimate of drug-likeness (QED) is 0.263. The van der Waals surface area contributed by atoms with Gasteiger partial charge in [0.1, 0.15) is 0 Å². The van der Waals surface area contributed by atoms with Gasteiger partial charge in [0, 0.05) is 32.3 Å². The molecule has 0 amide bonds. The van der Waals surface area contributed by atoms with E-state index in [2.05, 4.69) is 29.5 Å². The summed E-state index contributed by atoms with van der Waals surface area (Å²) in [5.41, 5.74) is 0. The molecule has 1 fully saturated rings. The maximum Gasteiger partial charge on any atom is 0.191 e. The second-order valence-corrected chi connectivity index (χ2v) is 5.56. The van der Waals surface area contributed by atoms with Crippen molar-refractivity contribution < 1.29 is 4.74 Å². The summed E-state index contributed by atoms with van der Waals surface area (Å²) in [5, 5.41) is 6.91. The molecule has 0 aromatic heterocycles. The first kappa shape index (κ1) is 21.0. The Bertz CT molecular complexity index is 256. The molecule has 0 bridgehead atoms. The number of aliphatic imine (C=N–C) groups is 1. The Morgan fingerprint density at radius 1 is 1.10 bits per heavy atom. The maximum absolute atomic E-state index is 5.56. The van der Waals surface area contributed by atoms with Crippen LogP contribution in [0.1, 0.15) is 65.2 Å². The van der Waals surface area contributed by atoms with E-state index in [0.717, 1.165) is 45.1 Å². The number of unbranched alkanes of at least 4 members (excludes halogenated alkanes) is 1. The minimum atomic E-state index is 0. The second-order valence-electron chi connectivity index (χ2n) is 5.56. The molecule has 1 aliphatic carbocycles. The molecular formula is C16H34IN3O. The van der Waals surface area contributed by atoms with Crippen LogP contribution in [0.4, 0.5) is 0 Å². The average Bonchev–Trinajstić information content (AvgIpc) is 2.47. The molecule has 0 radical (unpaired) electrons. The lowest BCUT2D eigenvalue weighted by Crippen LogP contribution is -2.44. The molecule has 0 aromatic carbocycles. The van der Waals surface area contributed by atoms with Gasteiger partial charge in [-0.15, -0.1) is 24.0 Å². The zero-order valence-electron chi connectivity index (χ0n) is 13.8. The Hall–Kier alpha value is -0.0400. The smallest absolute Gasteiger partial charge is 0.191 e. The van der Waals surface area contributed by atoms with E-state index in [0.29, 0.717) is 6.04 Å². The molecule has 2 N–H and O–H groups in total. The molecule has 4 nitrogen and oxygen atoms in total. The van der Waals surface area contributed by atoms with E-state index >= 15 is 0 Å². The van der Waals surface area contributed by atoms with Gasteiger partial charge in [0.05, 0.1) is 0 Å². The van der Waals surface area contributed by atoms with Crippen molar-refractivity contribution in [2.24, 2.45) is 4.99 Å². The first-order chi connectivity index (χ1) is 9.86. The summed E-state index contributed by atoms with van der Waals surface area (Å²) in [6.45, 7) is 7.78. The molecule has 0 saturated heterocycles. The molecule has 1 saturated carbocycles. The van der Waals surface area contributed by atoms with Crippen LogP contribution >= 0.6 is 24.0 Å². The molecule has 0 spiro atoms. The highest BCUT2D eigenvalue weighted by Gasteiger charge is 2.14. The standard InChI is InChI=1S/C16H33N3O.HI/c1-3-5-13-20-14-9-12-18-16(17-4-2)19-15-10-7-6-8-11-15;/h15H,3-14H2,1-2H3,(H2,17,18,19);1H. The van der Waals surface area contributed by atoms with Crippen molar-refractivity contribution in [2.75, 3.05) is 26.3 Å². The fourth-order valence-electron chi connectivity index (χ4n) is 2.47. The van der Waals surface area contributed by atoms with Gasteiger partial charge in [-0.05, 0) is 32.6 Å². The largest absolute Gasteiger partial charge is 0.381 e. The van der Waals surface area contributed by atoms with E-state index in [4.69, 9.17) is 4.74 Å². The first-order valence-corrected chi connectivity index (χ1v) is 8.49. The lowest BCUT2D eigenvalue weighted by molar-refractivity contribution is 0.130. The van der Waals surface area contributed by atoms with Gasteiger partial charge in [-0.1, -0.05) is 32.6 Å². The van der Waals surface area contributed by atoms with Crippen molar-refractivity contribution in [1.29, 1.82) is 0 Å². The molecule has 0 atom stereocenters. The minimum Gasteiger partial charge on any atom is -0.381 e. The zero-order chi connectivity index (χ0) is 14.5. The van der Waals surface area contributed by atoms with Crippen LogP contribution in [0.15, 0.2) is 4.99 Å². The van der Waals surface area contributed by atoms with Crippen molar-refractivity contribution in [3.8, 4) is 0 Å². The second kappa shape index (κ2) is 14.9. The predicted molar refractivity (Wildman–Crippen MR) is 102 cm³/mol. The van der Waals surface area contributed by atoms with Gasteiger partial charge in [0.2, 0.25) is 0 Å². The van der Waals surface area contributed by atoms with Crippen molar-refractivity contribution in [2.45, 2.75) is 71.3 Å². The van der Waals surface area contributed by atoms with Gasteiger partial charge in [0.15, 0.2) is 5.96 Å². The summed E-state index contributed by atoms with van der Waals surface area (Å²) < 4.78 is 5.56. The maximum atomic E-state index is 5.56. The van der Waals surface area contributed by atoms with Crippen molar-refractivity contribution >= 4 is 29.9 Å². The Kier molecular flexibility index (Phi) is 14.9. The summed E-state index contributed by atoms with van der Waals surface area (Å²) in [7, 11) is 0. The van der Waals surface area contributed by atoms with Gasteiger partial charge < -0.3 is 15.4 Å². The average molecular weight is 411 g/mol. The van der Waals surface area contributed by atoms with E-state index in [1.165, 1.54) is 38.5 Å². The summed E-state index contributed by atoms with van der Waals surface area (Å²) in [5.74, 6) is 0.980. The normalized spacial score (nSPS) is 16.4. The predicted octanol–water partition coefficient (Wildman–Crippen LogP) is 3.70. The number of ether oxygens (including phenoxy) is 1. The van der Waals surface area contributed by atoms with E-state index < -0.39 is 0 Å². The van der Waals surface area contributed by atoms with Crippen LogP contribution in [0.3, 0.4) is 0 Å². The Morgan fingerprint density at radius 2 is 1.81 bits per heavy atom. The lowest BCUT2D eigenvalue weighted by Gasteiger charge is -2.24. The minimum absolute atomic E-state index is 0. The lowest BCUT2D eigenvalue weighted by atomic mass is 9.96. The Morgan fingerprint density at radius 3 is 2.48 bits per heavy atom. The van der Waals surface area contributed by atoms with Crippen molar-refractivity contribution in [3.05, 3.63) is 0 Å². The molecule has 1 rings (SSSR count). The third kappa shape index (κ3) is 11.2. The van der Waals surface area contributed by atoms with Crippen LogP contribution in [-0.2, 0) is 4.74 Å². The first-order valence-electron chi connectivity index (χ1n) is 8.49. The summed E-state index contributed by atoms with van der Waals surface area (Å²) in [6, 6.07) is 0.613. The van der Waals surface area contributed by atoms with Crippen LogP contribution in [0.25, 0.3) is 0 Å². The van der Waals surface area contributed by atoms with Crippen LogP contribution in [0.2, 0.25) is 0 Å². The van der Waals surface area contributed by atoms with Crippen molar-refractivity contribution in [3.63, 3.8) is 0 Å². The van der Waals surface area contributed by atoms with E-state index in [1.807, 2.05) is 0 Å². The number of nitrogens with zero attached hydrogens (tertiary/aromatic N) is 1.